The topological polar surface area (TPSA) is 21.3 Å². The number of aryl methyl sites for hydroxylation is 1. The molecule has 1 rings (SSSR count). The molecule has 0 aromatic heterocycles. The molecule has 1 atom stereocenters. The third-order valence-electron chi connectivity index (χ3n) is 4.56. The van der Waals surface area contributed by atoms with Gasteiger partial charge in [-0.3, -0.25) is 0 Å². The van der Waals surface area contributed by atoms with E-state index in [1.807, 2.05) is 0 Å². The van der Waals surface area contributed by atoms with Crippen LogP contribution in [0.5, 0.6) is 5.75 Å². The third kappa shape index (κ3) is 5.35. The Hall–Kier alpha value is -1.02. The molecule has 2 heteroatoms. The second-order valence-electron chi connectivity index (χ2n) is 6.23. The first-order valence-electron chi connectivity index (χ1n) is 8.45. The van der Waals surface area contributed by atoms with Gasteiger partial charge in [-0.05, 0) is 49.8 Å². The lowest BCUT2D eigenvalue weighted by molar-refractivity contribution is 0.228. The van der Waals surface area contributed by atoms with Gasteiger partial charge in [0.2, 0.25) is 0 Å². The summed E-state index contributed by atoms with van der Waals surface area (Å²) in [5, 5.41) is 3.58. The Labute approximate surface area is 131 Å². The number of ether oxygens (including phenoxy) is 1. The predicted molar refractivity (Wildman–Crippen MR) is 92.2 cm³/mol. The molecule has 0 radical (unpaired) electrons. The van der Waals surface area contributed by atoms with Crippen molar-refractivity contribution in [2.75, 3.05) is 20.2 Å². The Morgan fingerprint density at radius 3 is 2.52 bits per heavy atom. The maximum absolute atomic E-state index is 5.58. The van der Waals surface area contributed by atoms with Gasteiger partial charge in [-0.25, -0.2) is 0 Å². The number of hydrogen-bond acceptors (Lipinski definition) is 2. The monoisotopic (exact) mass is 291 g/mol. The van der Waals surface area contributed by atoms with E-state index < -0.39 is 0 Å². The summed E-state index contributed by atoms with van der Waals surface area (Å²) >= 11 is 0. The predicted octanol–water partition coefficient (Wildman–Crippen LogP) is 4.74. The Balaban J connectivity index is 3.00. The van der Waals surface area contributed by atoms with Crippen molar-refractivity contribution in [1.82, 2.24) is 5.32 Å². The fraction of sp³-hybridized carbons (Fsp3) is 0.684. The van der Waals surface area contributed by atoms with E-state index in [1.54, 1.807) is 7.11 Å². The lowest BCUT2D eigenvalue weighted by Gasteiger charge is -2.34. The van der Waals surface area contributed by atoms with Gasteiger partial charge < -0.3 is 10.1 Å². The molecule has 1 aromatic carbocycles. The van der Waals surface area contributed by atoms with Crippen LogP contribution in [0, 0.1) is 12.3 Å². The molecule has 0 aliphatic carbocycles. The highest BCUT2D eigenvalue weighted by atomic mass is 16.5. The van der Waals surface area contributed by atoms with Crippen LogP contribution in [0.25, 0.3) is 0 Å². The Kier molecular flexibility index (Phi) is 7.81. The van der Waals surface area contributed by atoms with E-state index in [2.05, 4.69) is 51.2 Å². The zero-order chi connectivity index (χ0) is 15.7. The summed E-state index contributed by atoms with van der Waals surface area (Å²) in [6.45, 7) is 11.1. The second kappa shape index (κ2) is 9.09. The van der Waals surface area contributed by atoms with Crippen LogP contribution in [0.1, 0.15) is 57.6 Å². The van der Waals surface area contributed by atoms with Crippen LogP contribution < -0.4 is 10.1 Å². The molecule has 0 spiro atoms. The van der Waals surface area contributed by atoms with Gasteiger partial charge in [0.25, 0.3) is 0 Å². The standard InChI is InChI=1S/C19H33NO/c1-6-9-12-19(7-2,15-20-8-3)14-17-13-16(4)10-11-18(17)21-5/h10-11,13,20H,6-9,12,14-15H2,1-5H3. The number of hydrogen-bond donors (Lipinski definition) is 1. The van der Waals surface area contributed by atoms with Gasteiger partial charge in [0.05, 0.1) is 7.11 Å². The lowest BCUT2D eigenvalue weighted by Crippen LogP contribution is -2.36. The fourth-order valence-corrected chi connectivity index (χ4v) is 3.06. The molecule has 1 N–H and O–H groups in total. The molecule has 120 valence electrons. The van der Waals surface area contributed by atoms with Gasteiger partial charge in [0, 0.05) is 6.54 Å². The summed E-state index contributed by atoms with van der Waals surface area (Å²) in [5.41, 5.74) is 3.01. The molecule has 0 aliphatic rings. The SMILES string of the molecule is CCCCC(CC)(CNCC)Cc1cc(C)ccc1OC. The minimum atomic E-state index is 0.340. The highest BCUT2D eigenvalue weighted by Crippen LogP contribution is 2.35. The van der Waals surface area contributed by atoms with Crippen molar-refractivity contribution in [3.63, 3.8) is 0 Å². The molecule has 0 aliphatic heterocycles. The minimum absolute atomic E-state index is 0.340. The van der Waals surface area contributed by atoms with Crippen molar-refractivity contribution in [3.05, 3.63) is 29.3 Å². The molecule has 0 saturated carbocycles. The average molecular weight is 291 g/mol. The summed E-state index contributed by atoms with van der Waals surface area (Å²) in [6.07, 6.45) is 6.15. The highest BCUT2D eigenvalue weighted by molar-refractivity contribution is 5.37. The van der Waals surface area contributed by atoms with Crippen molar-refractivity contribution in [2.45, 2.75) is 59.8 Å². The number of unbranched alkanes of at least 4 members (excludes halogenated alkanes) is 1. The molecule has 0 fully saturated rings. The molecular formula is C19H33NO. The summed E-state index contributed by atoms with van der Waals surface area (Å²) in [7, 11) is 1.78. The molecule has 0 saturated heterocycles. The number of rotatable bonds is 10. The van der Waals surface area contributed by atoms with Crippen LogP contribution in [-0.2, 0) is 6.42 Å². The van der Waals surface area contributed by atoms with Crippen LogP contribution in [0.2, 0.25) is 0 Å². The zero-order valence-electron chi connectivity index (χ0n) is 14.6. The maximum Gasteiger partial charge on any atom is 0.122 e. The van der Waals surface area contributed by atoms with Crippen LogP contribution in [0.3, 0.4) is 0 Å². The normalized spacial score (nSPS) is 14.0. The summed E-state index contributed by atoms with van der Waals surface area (Å²) in [5.74, 6) is 1.03. The van der Waals surface area contributed by atoms with Gasteiger partial charge in [-0.15, -0.1) is 0 Å². The fourth-order valence-electron chi connectivity index (χ4n) is 3.06. The second-order valence-corrected chi connectivity index (χ2v) is 6.23. The van der Waals surface area contributed by atoms with Gasteiger partial charge >= 0.3 is 0 Å². The number of benzene rings is 1. The van der Waals surface area contributed by atoms with E-state index in [1.165, 1.54) is 36.8 Å². The molecular weight excluding hydrogens is 258 g/mol. The number of methoxy groups -OCH3 is 1. The molecule has 2 nitrogen and oxygen atoms in total. The summed E-state index contributed by atoms with van der Waals surface area (Å²) in [4.78, 5) is 0. The van der Waals surface area contributed by atoms with E-state index in [-0.39, 0.29) is 0 Å². The van der Waals surface area contributed by atoms with Crippen molar-refractivity contribution in [1.29, 1.82) is 0 Å². The van der Waals surface area contributed by atoms with Crippen LogP contribution in [0.4, 0.5) is 0 Å². The quantitative estimate of drug-likeness (QED) is 0.672. The number of nitrogens with one attached hydrogen (secondary N) is 1. The van der Waals surface area contributed by atoms with Crippen LogP contribution in [-0.4, -0.2) is 20.2 Å². The van der Waals surface area contributed by atoms with E-state index in [4.69, 9.17) is 4.74 Å². The molecule has 1 unspecified atom stereocenters. The smallest absolute Gasteiger partial charge is 0.122 e. The van der Waals surface area contributed by atoms with Crippen molar-refractivity contribution >= 4 is 0 Å². The van der Waals surface area contributed by atoms with Crippen molar-refractivity contribution in [2.24, 2.45) is 5.41 Å². The molecule has 21 heavy (non-hydrogen) atoms. The Bertz CT molecular complexity index is 406. The van der Waals surface area contributed by atoms with Crippen LogP contribution in [0.15, 0.2) is 18.2 Å². The zero-order valence-corrected chi connectivity index (χ0v) is 14.6. The minimum Gasteiger partial charge on any atom is -0.496 e. The molecule has 0 bridgehead atoms. The highest BCUT2D eigenvalue weighted by Gasteiger charge is 2.28. The third-order valence-corrected chi connectivity index (χ3v) is 4.56. The van der Waals surface area contributed by atoms with E-state index in [0.717, 1.165) is 25.3 Å². The Morgan fingerprint density at radius 2 is 1.95 bits per heavy atom. The van der Waals surface area contributed by atoms with Crippen molar-refractivity contribution in [3.8, 4) is 5.75 Å². The first-order valence-corrected chi connectivity index (χ1v) is 8.45. The van der Waals surface area contributed by atoms with Gasteiger partial charge in [0.1, 0.15) is 5.75 Å². The summed E-state index contributed by atoms with van der Waals surface area (Å²) in [6, 6.07) is 6.53. The lowest BCUT2D eigenvalue weighted by atomic mass is 9.74. The van der Waals surface area contributed by atoms with Crippen molar-refractivity contribution < 1.29 is 4.74 Å². The molecule has 1 aromatic rings. The first kappa shape index (κ1) is 18.0. The first-order chi connectivity index (χ1) is 10.1. The van der Waals surface area contributed by atoms with E-state index in [9.17, 15) is 0 Å². The van der Waals surface area contributed by atoms with Gasteiger partial charge in [0.15, 0.2) is 0 Å². The van der Waals surface area contributed by atoms with Gasteiger partial charge in [-0.2, -0.15) is 0 Å². The largest absolute Gasteiger partial charge is 0.496 e. The van der Waals surface area contributed by atoms with Crippen LogP contribution >= 0.6 is 0 Å². The summed E-state index contributed by atoms with van der Waals surface area (Å²) < 4.78 is 5.58. The molecule has 0 amide bonds. The average Bonchev–Trinajstić information content (AvgIpc) is 2.50. The Morgan fingerprint density at radius 1 is 1.19 bits per heavy atom. The van der Waals surface area contributed by atoms with Gasteiger partial charge in [-0.1, -0.05) is 51.3 Å². The van der Waals surface area contributed by atoms with E-state index in [0.29, 0.717) is 5.41 Å². The van der Waals surface area contributed by atoms with E-state index >= 15 is 0 Å². The molecule has 0 heterocycles. The maximum atomic E-state index is 5.58.